The zero-order valence-corrected chi connectivity index (χ0v) is 11.4. The molecule has 0 fully saturated rings. The van der Waals surface area contributed by atoms with E-state index in [9.17, 15) is 9.90 Å². The van der Waals surface area contributed by atoms with Crippen molar-refractivity contribution in [3.8, 4) is 0 Å². The molecular weight excluding hydrogens is 286 g/mol. The van der Waals surface area contributed by atoms with Crippen LogP contribution in [0.3, 0.4) is 0 Å². The third kappa shape index (κ3) is 4.46. The van der Waals surface area contributed by atoms with Gasteiger partial charge in [0, 0.05) is 17.6 Å². The summed E-state index contributed by atoms with van der Waals surface area (Å²) in [4.78, 5) is 12.5. The van der Waals surface area contributed by atoms with Crippen molar-refractivity contribution in [2.24, 2.45) is 0 Å². The van der Waals surface area contributed by atoms with Gasteiger partial charge in [-0.05, 0) is 31.7 Å². The number of hydrogen-bond acceptors (Lipinski definition) is 3. The lowest BCUT2D eigenvalue weighted by Crippen LogP contribution is -2.45. The number of likely N-dealkylation sites (N-methyl/N-ethyl adjacent to an activating group) is 1. The molecule has 0 heterocycles. The molecule has 0 aromatic heterocycles. The summed E-state index contributed by atoms with van der Waals surface area (Å²) in [6.45, 7) is 1.97. The smallest absolute Gasteiger partial charge is 0.336 e. The van der Waals surface area contributed by atoms with Gasteiger partial charge in [0.05, 0.1) is 0 Å². The van der Waals surface area contributed by atoms with Crippen molar-refractivity contribution in [1.29, 1.82) is 0 Å². The van der Waals surface area contributed by atoms with Gasteiger partial charge < -0.3 is 10.2 Å². The Morgan fingerprint density at radius 1 is 1.41 bits per heavy atom. The number of halogens is 1. The van der Waals surface area contributed by atoms with Gasteiger partial charge in [0.2, 0.25) is 0 Å². The van der Waals surface area contributed by atoms with E-state index in [2.05, 4.69) is 15.9 Å². The van der Waals surface area contributed by atoms with Gasteiger partial charge in [-0.1, -0.05) is 28.1 Å². The van der Waals surface area contributed by atoms with E-state index in [-0.39, 0.29) is 6.54 Å². The summed E-state index contributed by atoms with van der Waals surface area (Å²) in [5, 5.41) is 18.4. The molecule has 0 aliphatic heterocycles. The minimum absolute atomic E-state index is 0.0817. The predicted octanol–water partition coefficient (Wildman–Crippen LogP) is 1.72. The number of carbonyl (C=O) groups is 1. The fourth-order valence-electron chi connectivity index (χ4n) is 1.55. The topological polar surface area (TPSA) is 60.8 Å². The molecule has 17 heavy (non-hydrogen) atoms. The number of aliphatic hydroxyl groups is 1. The maximum absolute atomic E-state index is 10.8. The lowest BCUT2D eigenvalue weighted by molar-refractivity contribution is -0.158. The Balaban J connectivity index is 2.58. The van der Waals surface area contributed by atoms with E-state index >= 15 is 0 Å². The second-order valence-electron chi connectivity index (χ2n) is 4.38. The number of benzene rings is 1. The molecule has 1 aromatic carbocycles. The summed E-state index contributed by atoms with van der Waals surface area (Å²) in [6.07, 6.45) is 0. The van der Waals surface area contributed by atoms with Crippen LogP contribution in [0.4, 0.5) is 0 Å². The number of aliphatic carboxylic acids is 1. The first-order chi connectivity index (χ1) is 7.81. The standard InChI is InChI=1S/C12H16BrNO3/c1-12(17,11(15)16)8-14(2)7-9-3-5-10(13)6-4-9/h3-6,17H,7-8H2,1-2H3,(H,15,16). The molecule has 0 bridgehead atoms. The van der Waals surface area contributed by atoms with Gasteiger partial charge in [-0.3, -0.25) is 4.90 Å². The monoisotopic (exact) mass is 301 g/mol. The van der Waals surface area contributed by atoms with Crippen LogP contribution in [0.2, 0.25) is 0 Å². The first-order valence-electron chi connectivity index (χ1n) is 5.20. The van der Waals surface area contributed by atoms with Crippen molar-refractivity contribution in [1.82, 2.24) is 4.90 Å². The molecule has 0 aliphatic carbocycles. The van der Waals surface area contributed by atoms with Crippen molar-refractivity contribution in [2.75, 3.05) is 13.6 Å². The Morgan fingerprint density at radius 3 is 2.41 bits per heavy atom. The van der Waals surface area contributed by atoms with Crippen LogP contribution in [-0.2, 0) is 11.3 Å². The fourth-order valence-corrected chi connectivity index (χ4v) is 1.81. The van der Waals surface area contributed by atoms with Crippen LogP contribution in [-0.4, -0.2) is 40.3 Å². The van der Waals surface area contributed by atoms with Crippen LogP contribution in [0.1, 0.15) is 12.5 Å². The highest BCUT2D eigenvalue weighted by molar-refractivity contribution is 9.10. The highest BCUT2D eigenvalue weighted by atomic mass is 79.9. The van der Waals surface area contributed by atoms with Crippen molar-refractivity contribution < 1.29 is 15.0 Å². The van der Waals surface area contributed by atoms with Crippen molar-refractivity contribution in [3.05, 3.63) is 34.3 Å². The quantitative estimate of drug-likeness (QED) is 0.869. The zero-order chi connectivity index (χ0) is 13.1. The molecule has 94 valence electrons. The molecule has 1 rings (SSSR count). The molecular formula is C12H16BrNO3. The molecule has 0 saturated carbocycles. The maximum Gasteiger partial charge on any atom is 0.336 e. The highest BCUT2D eigenvalue weighted by Gasteiger charge is 2.31. The van der Waals surface area contributed by atoms with Gasteiger partial charge in [0.25, 0.3) is 0 Å². The lowest BCUT2D eigenvalue weighted by atomic mass is 10.1. The van der Waals surface area contributed by atoms with E-state index < -0.39 is 11.6 Å². The lowest BCUT2D eigenvalue weighted by Gasteiger charge is -2.25. The van der Waals surface area contributed by atoms with Crippen LogP contribution in [0.5, 0.6) is 0 Å². The number of rotatable bonds is 5. The first kappa shape index (κ1) is 14.2. The fraction of sp³-hybridized carbons (Fsp3) is 0.417. The summed E-state index contributed by atoms with van der Waals surface area (Å²) < 4.78 is 1.00. The van der Waals surface area contributed by atoms with Crippen molar-refractivity contribution in [3.63, 3.8) is 0 Å². The average molecular weight is 302 g/mol. The third-order valence-electron chi connectivity index (χ3n) is 2.40. The highest BCUT2D eigenvalue weighted by Crippen LogP contribution is 2.13. The largest absolute Gasteiger partial charge is 0.479 e. The van der Waals surface area contributed by atoms with Gasteiger partial charge >= 0.3 is 5.97 Å². The Labute approximate surface area is 109 Å². The Morgan fingerprint density at radius 2 is 1.94 bits per heavy atom. The van der Waals surface area contributed by atoms with Gasteiger partial charge in [-0.15, -0.1) is 0 Å². The number of carboxylic acid groups (broad SMARTS) is 1. The molecule has 0 amide bonds. The maximum atomic E-state index is 10.8. The van der Waals surface area contributed by atoms with Crippen LogP contribution in [0.15, 0.2) is 28.7 Å². The van der Waals surface area contributed by atoms with Crippen LogP contribution in [0, 0.1) is 0 Å². The molecule has 0 spiro atoms. The average Bonchev–Trinajstić information content (AvgIpc) is 2.20. The molecule has 2 N–H and O–H groups in total. The second-order valence-corrected chi connectivity index (χ2v) is 5.29. The third-order valence-corrected chi connectivity index (χ3v) is 2.93. The minimum atomic E-state index is -1.72. The van der Waals surface area contributed by atoms with E-state index in [1.807, 2.05) is 24.3 Å². The molecule has 1 atom stereocenters. The van der Waals surface area contributed by atoms with Gasteiger partial charge in [0.15, 0.2) is 5.60 Å². The second kappa shape index (κ2) is 5.62. The van der Waals surface area contributed by atoms with Crippen molar-refractivity contribution >= 4 is 21.9 Å². The van der Waals surface area contributed by atoms with E-state index in [4.69, 9.17) is 5.11 Å². The normalized spacial score (nSPS) is 14.6. The van der Waals surface area contributed by atoms with E-state index in [1.54, 1.807) is 11.9 Å². The summed E-state index contributed by atoms with van der Waals surface area (Å²) in [6, 6.07) is 7.77. The summed E-state index contributed by atoms with van der Waals surface area (Å²) in [5.74, 6) is -1.21. The zero-order valence-electron chi connectivity index (χ0n) is 9.85. The Bertz CT molecular complexity index is 389. The van der Waals surface area contributed by atoms with E-state index in [1.165, 1.54) is 6.92 Å². The van der Waals surface area contributed by atoms with Gasteiger partial charge in [-0.25, -0.2) is 4.79 Å². The summed E-state index contributed by atoms with van der Waals surface area (Å²) >= 11 is 3.35. The predicted molar refractivity (Wildman–Crippen MR) is 68.7 cm³/mol. The SMILES string of the molecule is CN(Cc1ccc(Br)cc1)CC(C)(O)C(=O)O. The number of carboxylic acids is 1. The van der Waals surface area contributed by atoms with Crippen LogP contribution >= 0.6 is 15.9 Å². The number of nitrogens with zero attached hydrogens (tertiary/aromatic N) is 1. The molecule has 0 aliphatic rings. The first-order valence-corrected chi connectivity index (χ1v) is 5.99. The molecule has 0 radical (unpaired) electrons. The van der Waals surface area contributed by atoms with Gasteiger partial charge in [-0.2, -0.15) is 0 Å². The molecule has 4 nitrogen and oxygen atoms in total. The van der Waals surface area contributed by atoms with E-state index in [0.717, 1.165) is 10.0 Å². The molecule has 1 unspecified atom stereocenters. The molecule has 0 saturated heterocycles. The van der Waals surface area contributed by atoms with Crippen LogP contribution < -0.4 is 0 Å². The Hall–Kier alpha value is -0.910. The van der Waals surface area contributed by atoms with E-state index in [0.29, 0.717) is 6.54 Å². The van der Waals surface area contributed by atoms with Crippen LogP contribution in [0.25, 0.3) is 0 Å². The number of hydrogen-bond donors (Lipinski definition) is 2. The summed E-state index contributed by atoms with van der Waals surface area (Å²) in [5.41, 5.74) is -0.652. The van der Waals surface area contributed by atoms with Crippen molar-refractivity contribution in [2.45, 2.75) is 19.1 Å². The minimum Gasteiger partial charge on any atom is -0.479 e. The molecule has 1 aromatic rings. The van der Waals surface area contributed by atoms with Gasteiger partial charge in [0.1, 0.15) is 0 Å². The molecule has 5 heteroatoms. The Kier molecular flexibility index (Phi) is 4.68. The summed E-state index contributed by atoms with van der Waals surface area (Å²) in [7, 11) is 1.78.